The molecular weight excluding hydrogens is 232 g/mol. The second kappa shape index (κ2) is 6.37. The molecule has 1 fully saturated rings. The van der Waals surface area contributed by atoms with Crippen molar-refractivity contribution in [3.8, 4) is 0 Å². The van der Waals surface area contributed by atoms with E-state index in [2.05, 4.69) is 5.32 Å². The van der Waals surface area contributed by atoms with Crippen LogP contribution in [0.15, 0.2) is 24.3 Å². The highest BCUT2D eigenvalue weighted by Crippen LogP contribution is 2.14. The van der Waals surface area contributed by atoms with E-state index in [-0.39, 0.29) is 0 Å². The van der Waals surface area contributed by atoms with Crippen LogP contribution in [0.1, 0.15) is 12.0 Å². The molecule has 5 nitrogen and oxygen atoms in total. The minimum Gasteiger partial charge on any atom is -0.449 e. The SMILES string of the molecule is NCc1cccc(NC(=O)OCC2CCOC2)c1. The van der Waals surface area contributed by atoms with Gasteiger partial charge >= 0.3 is 6.09 Å². The fourth-order valence-electron chi connectivity index (χ4n) is 1.84. The Morgan fingerprint density at radius 1 is 1.56 bits per heavy atom. The first-order valence-corrected chi connectivity index (χ1v) is 6.08. The molecule has 1 aliphatic rings. The molecule has 0 bridgehead atoms. The van der Waals surface area contributed by atoms with Gasteiger partial charge in [-0.15, -0.1) is 0 Å². The smallest absolute Gasteiger partial charge is 0.411 e. The van der Waals surface area contributed by atoms with Crippen LogP contribution in [0, 0.1) is 5.92 Å². The van der Waals surface area contributed by atoms with Crippen LogP contribution in [-0.4, -0.2) is 25.9 Å². The zero-order chi connectivity index (χ0) is 12.8. The Hall–Kier alpha value is -1.59. The fraction of sp³-hybridized carbons (Fsp3) is 0.462. The van der Waals surface area contributed by atoms with E-state index in [4.69, 9.17) is 15.2 Å². The quantitative estimate of drug-likeness (QED) is 0.853. The van der Waals surface area contributed by atoms with Gasteiger partial charge in [-0.25, -0.2) is 4.79 Å². The van der Waals surface area contributed by atoms with Gasteiger partial charge in [0.2, 0.25) is 0 Å². The number of amides is 1. The molecular formula is C13H18N2O3. The predicted molar refractivity (Wildman–Crippen MR) is 68.2 cm³/mol. The van der Waals surface area contributed by atoms with E-state index in [1.54, 1.807) is 6.07 Å². The van der Waals surface area contributed by atoms with Gasteiger partial charge in [0, 0.05) is 24.8 Å². The van der Waals surface area contributed by atoms with Crippen LogP contribution in [0.3, 0.4) is 0 Å². The second-order valence-corrected chi connectivity index (χ2v) is 4.36. The van der Waals surface area contributed by atoms with Gasteiger partial charge in [0.15, 0.2) is 0 Å². The summed E-state index contributed by atoms with van der Waals surface area (Å²) in [7, 11) is 0. The number of hydrogen-bond donors (Lipinski definition) is 2. The summed E-state index contributed by atoms with van der Waals surface area (Å²) in [5, 5.41) is 2.68. The topological polar surface area (TPSA) is 73.6 Å². The normalized spacial score (nSPS) is 18.6. The molecule has 0 aliphatic carbocycles. The molecule has 0 saturated carbocycles. The average molecular weight is 250 g/mol. The van der Waals surface area contributed by atoms with E-state index in [9.17, 15) is 4.79 Å². The lowest BCUT2D eigenvalue weighted by molar-refractivity contribution is 0.127. The third kappa shape index (κ3) is 3.72. The maximum absolute atomic E-state index is 11.6. The van der Waals surface area contributed by atoms with Crippen molar-refractivity contribution in [1.29, 1.82) is 0 Å². The van der Waals surface area contributed by atoms with Crippen LogP contribution in [0.2, 0.25) is 0 Å². The number of rotatable bonds is 4. The van der Waals surface area contributed by atoms with Gasteiger partial charge in [-0.2, -0.15) is 0 Å². The van der Waals surface area contributed by atoms with Crippen LogP contribution in [0.25, 0.3) is 0 Å². The van der Waals surface area contributed by atoms with Crippen molar-refractivity contribution in [1.82, 2.24) is 0 Å². The van der Waals surface area contributed by atoms with Crippen molar-refractivity contribution < 1.29 is 14.3 Å². The van der Waals surface area contributed by atoms with E-state index >= 15 is 0 Å². The summed E-state index contributed by atoms with van der Waals surface area (Å²) in [6.07, 6.45) is 0.520. The molecule has 18 heavy (non-hydrogen) atoms. The molecule has 98 valence electrons. The summed E-state index contributed by atoms with van der Waals surface area (Å²) in [5.74, 6) is 0.325. The first-order chi connectivity index (χ1) is 8.78. The molecule has 5 heteroatoms. The Kier molecular flexibility index (Phi) is 4.55. The molecule has 1 aromatic carbocycles. The van der Waals surface area contributed by atoms with E-state index in [1.807, 2.05) is 18.2 Å². The molecule has 0 spiro atoms. The van der Waals surface area contributed by atoms with Gasteiger partial charge in [-0.1, -0.05) is 12.1 Å². The lowest BCUT2D eigenvalue weighted by Gasteiger charge is -2.10. The number of benzene rings is 1. The van der Waals surface area contributed by atoms with Gasteiger partial charge in [-0.05, 0) is 24.1 Å². The Bertz CT molecular complexity index is 403. The Morgan fingerprint density at radius 3 is 3.17 bits per heavy atom. The third-order valence-electron chi connectivity index (χ3n) is 2.88. The lowest BCUT2D eigenvalue weighted by Crippen LogP contribution is -2.19. The lowest BCUT2D eigenvalue weighted by atomic mass is 10.1. The zero-order valence-corrected chi connectivity index (χ0v) is 10.2. The van der Waals surface area contributed by atoms with Crippen LogP contribution < -0.4 is 11.1 Å². The summed E-state index contributed by atoms with van der Waals surface area (Å²) in [6, 6.07) is 7.40. The monoisotopic (exact) mass is 250 g/mol. The van der Waals surface area contributed by atoms with E-state index in [0.717, 1.165) is 18.6 Å². The number of carbonyl (C=O) groups excluding carboxylic acids is 1. The van der Waals surface area contributed by atoms with Crippen LogP contribution in [-0.2, 0) is 16.0 Å². The highest BCUT2D eigenvalue weighted by Gasteiger charge is 2.17. The van der Waals surface area contributed by atoms with E-state index < -0.39 is 6.09 Å². The largest absolute Gasteiger partial charge is 0.449 e. The zero-order valence-electron chi connectivity index (χ0n) is 10.2. The predicted octanol–water partition coefficient (Wildman–Crippen LogP) is 1.73. The summed E-state index contributed by atoms with van der Waals surface area (Å²) < 4.78 is 10.4. The molecule has 1 atom stereocenters. The number of hydrogen-bond acceptors (Lipinski definition) is 4. The molecule has 1 amide bonds. The standard InChI is InChI=1S/C13H18N2O3/c14-7-10-2-1-3-12(6-10)15-13(16)18-9-11-4-5-17-8-11/h1-3,6,11H,4-5,7-9,14H2,(H,15,16). The molecule has 3 N–H and O–H groups in total. The number of anilines is 1. The molecule has 0 radical (unpaired) electrons. The molecule has 1 aromatic rings. The maximum atomic E-state index is 11.6. The van der Waals surface area contributed by atoms with Gasteiger partial charge in [0.05, 0.1) is 13.2 Å². The van der Waals surface area contributed by atoms with Crippen molar-refractivity contribution in [2.45, 2.75) is 13.0 Å². The van der Waals surface area contributed by atoms with Gasteiger partial charge in [-0.3, -0.25) is 5.32 Å². The summed E-state index contributed by atoms with van der Waals surface area (Å²) >= 11 is 0. The highest BCUT2D eigenvalue weighted by molar-refractivity contribution is 5.84. The first-order valence-electron chi connectivity index (χ1n) is 6.08. The minimum atomic E-state index is -0.434. The number of nitrogens with one attached hydrogen (secondary N) is 1. The Labute approximate surface area is 106 Å². The van der Waals surface area contributed by atoms with Crippen molar-refractivity contribution in [2.24, 2.45) is 11.7 Å². The first kappa shape index (κ1) is 12.9. The number of nitrogens with two attached hydrogens (primary N) is 1. The van der Waals surface area contributed by atoms with Crippen LogP contribution >= 0.6 is 0 Å². The molecule has 1 unspecified atom stereocenters. The van der Waals surface area contributed by atoms with Crippen molar-refractivity contribution in [2.75, 3.05) is 25.1 Å². The highest BCUT2D eigenvalue weighted by atomic mass is 16.6. The van der Waals surface area contributed by atoms with Crippen LogP contribution in [0.5, 0.6) is 0 Å². The van der Waals surface area contributed by atoms with Crippen LogP contribution in [0.4, 0.5) is 10.5 Å². The maximum Gasteiger partial charge on any atom is 0.411 e. The second-order valence-electron chi connectivity index (χ2n) is 4.36. The summed E-state index contributed by atoms with van der Waals surface area (Å²) in [5.41, 5.74) is 7.20. The average Bonchev–Trinajstić information content (AvgIpc) is 2.90. The van der Waals surface area contributed by atoms with Crippen molar-refractivity contribution >= 4 is 11.8 Å². The Balaban J connectivity index is 1.78. The van der Waals surface area contributed by atoms with E-state index in [0.29, 0.717) is 31.4 Å². The molecule has 2 rings (SSSR count). The van der Waals surface area contributed by atoms with Crippen molar-refractivity contribution in [3.05, 3.63) is 29.8 Å². The number of ether oxygens (including phenoxy) is 2. The minimum absolute atomic E-state index is 0.325. The molecule has 1 saturated heterocycles. The van der Waals surface area contributed by atoms with Crippen molar-refractivity contribution in [3.63, 3.8) is 0 Å². The summed E-state index contributed by atoms with van der Waals surface area (Å²) in [4.78, 5) is 11.6. The third-order valence-corrected chi connectivity index (χ3v) is 2.88. The van der Waals surface area contributed by atoms with E-state index in [1.165, 1.54) is 0 Å². The molecule has 0 aromatic heterocycles. The Morgan fingerprint density at radius 2 is 2.44 bits per heavy atom. The summed E-state index contributed by atoms with van der Waals surface area (Å²) in [6.45, 7) is 2.29. The van der Waals surface area contributed by atoms with Gasteiger partial charge in [0.25, 0.3) is 0 Å². The number of carbonyl (C=O) groups is 1. The fourth-order valence-corrected chi connectivity index (χ4v) is 1.84. The van der Waals surface area contributed by atoms with Gasteiger partial charge < -0.3 is 15.2 Å². The van der Waals surface area contributed by atoms with Gasteiger partial charge in [0.1, 0.15) is 0 Å². The molecule has 1 aliphatic heterocycles. The molecule has 1 heterocycles.